The van der Waals surface area contributed by atoms with E-state index in [1.807, 2.05) is 36.4 Å². The van der Waals surface area contributed by atoms with Crippen LogP contribution < -0.4 is 16.4 Å². The summed E-state index contributed by atoms with van der Waals surface area (Å²) in [5.74, 6) is 0.708. The van der Waals surface area contributed by atoms with Crippen molar-refractivity contribution in [3.05, 3.63) is 65.9 Å². The topological polar surface area (TPSA) is 133 Å². The molecule has 0 saturated heterocycles. The summed E-state index contributed by atoms with van der Waals surface area (Å²) in [5.41, 5.74) is 11.1. The molecule has 0 atom stereocenters. The lowest BCUT2D eigenvalue weighted by Crippen LogP contribution is -2.19. The zero-order chi connectivity index (χ0) is 22.0. The summed E-state index contributed by atoms with van der Waals surface area (Å²) >= 11 is 0. The monoisotopic (exact) mass is 411 g/mol. The molecule has 2 aromatic heterocycles. The molecule has 0 fully saturated rings. The maximum absolute atomic E-state index is 12.3. The van der Waals surface area contributed by atoms with E-state index in [-0.39, 0.29) is 5.92 Å². The van der Waals surface area contributed by atoms with Crippen molar-refractivity contribution in [2.75, 3.05) is 16.4 Å². The number of carbonyl (C=O) groups excluding carboxylic acids is 1. The van der Waals surface area contributed by atoms with Crippen LogP contribution in [0, 0.1) is 11.3 Å². The third-order valence-corrected chi connectivity index (χ3v) is 4.87. The lowest BCUT2D eigenvalue weighted by atomic mass is 9.99. The molecule has 0 aliphatic carbocycles. The molecular formula is C23H21N7O. The Kier molecular flexibility index (Phi) is 5.24. The third kappa shape index (κ3) is 4.16. The van der Waals surface area contributed by atoms with Gasteiger partial charge in [0.2, 0.25) is 0 Å². The number of rotatable bonds is 4. The van der Waals surface area contributed by atoms with E-state index in [1.54, 1.807) is 24.3 Å². The van der Waals surface area contributed by atoms with Crippen LogP contribution >= 0.6 is 0 Å². The number of aromatic nitrogens is 3. The first kappa shape index (κ1) is 19.9. The van der Waals surface area contributed by atoms with Gasteiger partial charge in [0, 0.05) is 17.1 Å². The van der Waals surface area contributed by atoms with Gasteiger partial charge in [0.25, 0.3) is 0 Å². The van der Waals surface area contributed by atoms with Gasteiger partial charge in [-0.1, -0.05) is 32.0 Å². The minimum absolute atomic E-state index is 0.241. The normalized spacial score (nSPS) is 10.8. The zero-order valence-electron chi connectivity index (χ0n) is 17.1. The van der Waals surface area contributed by atoms with Crippen molar-refractivity contribution < 1.29 is 4.79 Å². The smallest absolute Gasteiger partial charge is 0.323 e. The van der Waals surface area contributed by atoms with E-state index < -0.39 is 6.03 Å². The Morgan fingerprint density at radius 1 is 1.10 bits per heavy atom. The Morgan fingerprint density at radius 2 is 1.84 bits per heavy atom. The average Bonchev–Trinajstić information content (AvgIpc) is 3.14. The van der Waals surface area contributed by atoms with Crippen molar-refractivity contribution >= 4 is 34.3 Å². The maximum Gasteiger partial charge on any atom is 0.323 e. The van der Waals surface area contributed by atoms with Crippen LogP contribution in [0.3, 0.4) is 0 Å². The number of hydrogen-bond acceptors (Lipinski definition) is 5. The van der Waals surface area contributed by atoms with Gasteiger partial charge in [-0.3, -0.25) is 5.10 Å². The van der Waals surface area contributed by atoms with Gasteiger partial charge in [-0.05, 0) is 53.4 Å². The van der Waals surface area contributed by atoms with E-state index in [4.69, 9.17) is 11.0 Å². The molecule has 4 aromatic rings. The second kappa shape index (κ2) is 8.16. The molecule has 0 aliphatic rings. The molecule has 4 rings (SSSR count). The quantitative estimate of drug-likeness (QED) is 0.381. The van der Waals surface area contributed by atoms with Crippen molar-refractivity contribution in [2.24, 2.45) is 0 Å². The summed E-state index contributed by atoms with van der Waals surface area (Å²) in [6, 6.07) is 17.9. The number of benzene rings is 2. The predicted octanol–water partition coefficient (Wildman–Crippen LogP) is 4.85. The van der Waals surface area contributed by atoms with Crippen molar-refractivity contribution in [3.8, 4) is 17.2 Å². The van der Waals surface area contributed by atoms with Gasteiger partial charge in [0.15, 0.2) is 5.65 Å². The first-order chi connectivity index (χ1) is 14.9. The highest BCUT2D eigenvalue weighted by Crippen LogP contribution is 2.33. The Bertz CT molecular complexity index is 1300. The molecule has 0 spiro atoms. The molecule has 0 bridgehead atoms. The fraction of sp³-hybridized carbons (Fsp3) is 0.130. The molecule has 2 aromatic carbocycles. The number of nitrogen functional groups attached to an aromatic ring is 1. The number of aromatic amines is 1. The van der Waals surface area contributed by atoms with E-state index in [1.165, 1.54) is 0 Å². The van der Waals surface area contributed by atoms with Gasteiger partial charge in [-0.25, -0.2) is 9.78 Å². The molecule has 5 N–H and O–H groups in total. The number of H-pyrrole nitrogens is 1. The summed E-state index contributed by atoms with van der Waals surface area (Å²) in [4.78, 5) is 16.9. The minimum Gasteiger partial charge on any atom is -0.383 e. The lowest BCUT2D eigenvalue weighted by Gasteiger charge is -2.11. The maximum atomic E-state index is 12.3. The summed E-state index contributed by atoms with van der Waals surface area (Å²) in [5, 5.41) is 22.3. The Morgan fingerprint density at radius 3 is 2.55 bits per heavy atom. The van der Waals surface area contributed by atoms with E-state index in [2.05, 4.69) is 39.7 Å². The number of nitrogens with zero attached hydrogens (tertiary/aromatic N) is 3. The van der Waals surface area contributed by atoms with Gasteiger partial charge < -0.3 is 16.4 Å². The van der Waals surface area contributed by atoms with Gasteiger partial charge in [-0.15, -0.1) is 0 Å². The summed E-state index contributed by atoms with van der Waals surface area (Å²) < 4.78 is 0. The van der Waals surface area contributed by atoms with Gasteiger partial charge in [0.05, 0.1) is 17.0 Å². The molecule has 8 nitrogen and oxygen atoms in total. The number of hydrogen-bond donors (Lipinski definition) is 4. The second-order valence-electron chi connectivity index (χ2n) is 7.43. The molecule has 154 valence electrons. The molecule has 8 heteroatoms. The van der Waals surface area contributed by atoms with E-state index in [0.29, 0.717) is 28.4 Å². The van der Waals surface area contributed by atoms with Crippen molar-refractivity contribution in [3.63, 3.8) is 0 Å². The number of pyridine rings is 1. The van der Waals surface area contributed by atoms with Gasteiger partial charge in [-0.2, -0.15) is 10.4 Å². The zero-order valence-corrected chi connectivity index (χ0v) is 17.1. The molecule has 0 aliphatic heterocycles. The number of amides is 2. The highest BCUT2D eigenvalue weighted by molar-refractivity contribution is 6.01. The second-order valence-corrected chi connectivity index (χ2v) is 7.43. The third-order valence-electron chi connectivity index (χ3n) is 4.87. The van der Waals surface area contributed by atoms with Crippen molar-refractivity contribution in [1.82, 2.24) is 15.2 Å². The van der Waals surface area contributed by atoms with Crippen LogP contribution in [0.25, 0.3) is 22.2 Å². The number of nitrogens with two attached hydrogens (primary N) is 1. The molecule has 31 heavy (non-hydrogen) atoms. The number of carbonyl (C=O) groups is 1. The van der Waals surface area contributed by atoms with Crippen LogP contribution in [0.5, 0.6) is 0 Å². The molecule has 2 amide bonds. The summed E-state index contributed by atoms with van der Waals surface area (Å²) in [7, 11) is 0. The Labute approximate surface area is 179 Å². The predicted molar refractivity (Wildman–Crippen MR) is 122 cm³/mol. The minimum atomic E-state index is -0.393. The van der Waals surface area contributed by atoms with Crippen LogP contribution in [0.2, 0.25) is 0 Å². The van der Waals surface area contributed by atoms with Crippen LogP contribution in [-0.2, 0) is 0 Å². The molecule has 0 radical (unpaired) electrons. The summed E-state index contributed by atoms with van der Waals surface area (Å²) in [6.07, 6.45) is 0. The van der Waals surface area contributed by atoms with Crippen LogP contribution in [0.4, 0.5) is 22.0 Å². The fourth-order valence-corrected chi connectivity index (χ4v) is 3.28. The van der Waals surface area contributed by atoms with E-state index in [0.717, 1.165) is 22.2 Å². The average molecular weight is 411 g/mol. The Hall–Kier alpha value is -4.38. The standard InChI is InChI=1S/C23H21N7O/c1-13(2)19-11-18(20-21(25)29-30-22(20)28-19)15-6-8-16(9-7-15)26-23(31)27-17-5-3-4-14(10-17)12-24/h3-11,13H,1-2H3,(H2,26,27,31)(H3,25,28,29,30). The van der Waals surface area contributed by atoms with E-state index in [9.17, 15) is 4.79 Å². The molecule has 0 unspecified atom stereocenters. The first-order valence-corrected chi connectivity index (χ1v) is 9.77. The van der Waals surface area contributed by atoms with Crippen molar-refractivity contribution in [2.45, 2.75) is 19.8 Å². The van der Waals surface area contributed by atoms with E-state index >= 15 is 0 Å². The summed E-state index contributed by atoms with van der Waals surface area (Å²) in [6.45, 7) is 4.15. The number of urea groups is 1. The number of nitriles is 1. The van der Waals surface area contributed by atoms with Gasteiger partial charge in [0.1, 0.15) is 5.82 Å². The number of anilines is 3. The molecule has 0 saturated carbocycles. The van der Waals surface area contributed by atoms with Crippen LogP contribution in [0.15, 0.2) is 54.6 Å². The SMILES string of the molecule is CC(C)c1cc(-c2ccc(NC(=O)Nc3cccc(C#N)c3)cc2)c2c(N)[nH]nc2n1. The highest BCUT2D eigenvalue weighted by Gasteiger charge is 2.15. The fourth-order valence-electron chi connectivity index (χ4n) is 3.28. The van der Waals surface area contributed by atoms with Crippen LogP contribution in [-0.4, -0.2) is 21.2 Å². The number of fused-ring (bicyclic) bond motifs is 1. The molecular weight excluding hydrogens is 390 g/mol. The van der Waals surface area contributed by atoms with Crippen molar-refractivity contribution in [1.29, 1.82) is 5.26 Å². The highest BCUT2D eigenvalue weighted by atomic mass is 16.2. The first-order valence-electron chi connectivity index (χ1n) is 9.77. The Balaban J connectivity index is 1.56. The van der Waals surface area contributed by atoms with Crippen LogP contribution in [0.1, 0.15) is 31.0 Å². The number of nitrogens with one attached hydrogen (secondary N) is 3. The largest absolute Gasteiger partial charge is 0.383 e. The lowest BCUT2D eigenvalue weighted by molar-refractivity contribution is 0.262. The van der Waals surface area contributed by atoms with Gasteiger partial charge >= 0.3 is 6.03 Å². The molecule has 2 heterocycles.